The number of nitrogens with one attached hydrogen (secondary N) is 3. The predicted molar refractivity (Wildman–Crippen MR) is 165 cm³/mol. The lowest BCUT2D eigenvalue weighted by molar-refractivity contribution is -0.143. The summed E-state index contributed by atoms with van der Waals surface area (Å²) in [4.78, 5) is 76.7. The fourth-order valence-corrected chi connectivity index (χ4v) is 4.61. The van der Waals surface area contributed by atoms with Gasteiger partial charge in [-0.05, 0) is 54.2 Å². The van der Waals surface area contributed by atoms with Crippen LogP contribution in [0.1, 0.15) is 79.2 Å². The molecule has 3 atom stereocenters. The first kappa shape index (κ1) is 37.2. The molecule has 1 saturated carbocycles. The van der Waals surface area contributed by atoms with Gasteiger partial charge in [0.25, 0.3) is 5.91 Å². The maximum absolute atomic E-state index is 13.6. The van der Waals surface area contributed by atoms with Crippen molar-refractivity contribution in [1.29, 1.82) is 0 Å². The molecule has 2 aliphatic rings. The van der Waals surface area contributed by atoms with Gasteiger partial charge in [0.15, 0.2) is 0 Å². The number of hydrogen-bond acceptors (Lipinski definition) is 7. The number of ketones is 1. The molecule has 1 aromatic rings. The minimum absolute atomic E-state index is 0.101. The van der Waals surface area contributed by atoms with Crippen LogP contribution >= 0.6 is 0 Å². The molecule has 1 aliphatic carbocycles. The van der Waals surface area contributed by atoms with Crippen LogP contribution in [0.5, 0.6) is 0 Å². The van der Waals surface area contributed by atoms with Crippen LogP contribution in [0.3, 0.4) is 0 Å². The third-order valence-corrected chi connectivity index (χ3v) is 7.08. The summed E-state index contributed by atoms with van der Waals surface area (Å²) < 4.78 is 18.1. The number of benzene rings is 1. The summed E-state index contributed by atoms with van der Waals surface area (Å²) in [5.41, 5.74) is 4.98. The number of carbonyl (C=O) groups is 6. The highest BCUT2D eigenvalue weighted by Gasteiger charge is 2.43. The Morgan fingerprint density at radius 2 is 1.60 bits per heavy atom. The summed E-state index contributed by atoms with van der Waals surface area (Å²) in [5, 5.41) is 7.59. The zero-order valence-electron chi connectivity index (χ0n) is 27.1. The zero-order valence-corrected chi connectivity index (χ0v) is 27.1. The number of likely N-dealkylation sites (tertiary alicyclic amines) is 1. The van der Waals surface area contributed by atoms with Crippen LogP contribution in [0.4, 0.5) is 9.18 Å². The number of ether oxygens (including phenoxy) is 1. The SMILES string of the molecule is CC(C)(C)C(NC(=O)NCC(=O)OCc1ccc(F)cc1)C(=O)N1CCCC1C(=O)NC(CC1CC1)C(=O)C(N)=O.CC(C)C. The van der Waals surface area contributed by atoms with Gasteiger partial charge in [-0.25, -0.2) is 9.18 Å². The van der Waals surface area contributed by atoms with Gasteiger partial charge in [-0.3, -0.25) is 24.0 Å². The number of nitrogens with zero attached hydrogens (tertiary/aromatic N) is 1. The molecule has 45 heavy (non-hydrogen) atoms. The van der Waals surface area contributed by atoms with Gasteiger partial charge >= 0.3 is 12.0 Å². The van der Waals surface area contributed by atoms with Crippen molar-refractivity contribution >= 4 is 35.5 Å². The monoisotopic (exact) mass is 633 g/mol. The minimum atomic E-state index is -1.13. The summed E-state index contributed by atoms with van der Waals surface area (Å²) >= 11 is 0. The summed E-state index contributed by atoms with van der Waals surface area (Å²) in [6, 6.07) is 1.64. The minimum Gasteiger partial charge on any atom is -0.460 e. The fraction of sp³-hybridized carbons (Fsp3) is 0.625. The van der Waals surface area contributed by atoms with Crippen molar-refractivity contribution in [3.63, 3.8) is 0 Å². The number of nitrogens with two attached hydrogens (primary N) is 1. The first-order valence-electron chi connectivity index (χ1n) is 15.4. The fourth-order valence-electron chi connectivity index (χ4n) is 4.61. The Kier molecular flexibility index (Phi) is 13.9. The van der Waals surface area contributed by atoms with Crippen LogP contribution in [0.2, 0.25) is 0 Å². The average Bonchev–Trinajstić information content (AvgIpc) is 3.63. The molecule has 0 bridgehead atoms. The molecule has 0 aromatic heterocycles. The number of halogens is 1. The van der Waals surface area contributed by atoms with E-state index in [9.17, 15) is 33.2 Å². The molecular formula is C32H48FN5O7. The van der Waals surface area contributed by atoms with Crippen LogP contribution in [-0.2, 0) is 35.3 Å². The van der Waals surface area contributed by atoms with E-state index in [0.717, 1.165) is 18.8 Å². The largest absolute Gasteiger partial charge is 0.460 e. The first-order chi connectivity index (χ1) is 21.0. The predicted octanol–water partition coefficient (Wildman–Crippen LogP) is 2.58. The van der Waals surface area contributed by atoms with E-state index in [1.807, 2.05) is 0 Å². The molecule has 1 heterocycles. The Labute approximate surface area is 264 Å². The van der Waals surface area contributed by atoms with Gasteiger partial charge in [0.1, 0.15) is 31.1 Å². The first-order valence-corrected chi connectivity index (χ1v) is 15.4. The maximum Gasteiger partial charge on any atom is 0.325 e. The van der Waals surface area contributed by atoms with Gasteiger partial charge in [0.05, 0.1) is 6.04 Å². The molecule has 3 unspecified atom stereocenters. The van der Waals surface area contributed by atoms with Gasteiger partial charge in [0.2, 0.25) is 17.6 Å². The van der Waals surface area contributed by atoms with E-state index < -0.39 is 71.4 Å². The topological polar surface area (TPSA) is 177 Å². The molecule has 0 spiro atoms. The van der Waals surface area contributed by atoms with E-state index in [2.05, 4.69) is 36.7 Å². The van der Waals surface area contributed by atoms with E-state index in [-0.39, 0.29) is 19.1 Å². The van der Waals surface area contributed by atoms with Gasteiger partial charge in [0, 0.05) is 6.54 Å². The zero-order chi connectivity index (χ0) is 33.9. The van der Waals surface area contributed by atoms with Crippen LogP contribution < -0.4 is 21.7 Å². The normalized spacial score (nSPS) is 17.3. The van der Waals surface area contributed by atoms with E-state index in [4.69, 9.17) is 10.5 Å². The number of Topliss-reactive ketones (excluding diaryl/α,β-unsaturated/α-hetero) is 1. The van der Waals surface area contributed by atoms with Gasteiger partial charge in [-0.1, -0.05) is 66.5 Å². The van der Waals surface area contributed by atoms with E-state index >= 15 is 0 Å². The number of urea groups is 1. The highest BCUT2D eigenvalue weighted by atomic mass is 19.1. The molecule has 1 saturated heterocycles. The quantitative estimate of drug-likeness (QED) is 0.202. The second-order valence-corrected chi connectivity index (χ2v) is 13.3. The molecule has 2 fully saturated rings. The molecule has 5 amide bonds. The van der Waals surface area contributed by atoms with Crippen molar-refractivity contribution in [1.82, 2.24) is 20.9 Å². The molecule has 250 valence electrons. The molecule has 12 nitrogen and oxygen atoms in total. The molecule has 1 aliphatic heterocycles. The van der Waals surface area contributed by atoms with E-state index in [1.54, 1.807) is 20.8 Å². The van der Waals surface area contributed by atoms with E-state index in [0.29, 0.717) is 24.8 Å². The Hall–Kier alpha value is -4.03. The number of carbonyl (C=O) groups excluding carboxylic acids is 6. The number of amides is 5. The van der Waals surface area contributed by atoms with Crippen molar-refractivity contribution in [2.45, 2.75) is 98.4 Å². The molecule has 3 rings (SSSR count). The second-order valence-electron chi connectivity index (χ2n) is 13.3. The Balaban J connectivity index is 0.00000166. The molecule has 0 radical (unpaired) electrons. The maximum atomic E-state index is 13.6. The number of esters is 1. The van der Waals surface area contributed by atoms with Crippen molar-refractivity contribution in [3.8, 4) is 0 Å². The van der Waals surface area contributed by atoms with Gasteiger partial charge in [-0.15, -0.1) is 0 Å². The number of rotatable bonds is 12. The lowest BCUT2D eigenvalue weighted by Crippen LogP contribution is -2.60. The highest BCUT2D eigenvalue weighted by Crippen LogP contribution is 2.34. The van der Waals surface area contributed by atoms with Gasteiger partial charge < -0.3 is 31.3 Å². The molecule has 13 heteroatoms. The average molecular weight is 634 g/mol. The molecule has 5 N–H and O–H groups in total. The van der Waals surface area contributed by atoms with Gasteiger partial charge in [-0.2, -0.15) is 0 Å². The molecule has 1 aromatic carbocycles. The summed E-state index contributed by atoms with van der Waals surface area (Å²) in [6.07, 6.45) is 3.00. The van der Waals surface area contributed by atoms with Crippen molar-refractivity contribution < 1.29 is 37.9 Å². The van der Waals surface area contributed by atoms with Crippen LogP contribution in [0.25, 0.3) is 0 Å². The van der Waals surface area contributed by atoms with Crippen molar-refractivity contribution in [2.24, 2.45) is 23.0 Å². The third-order valence-electron chi connectivity index (χ3n) is 7.08. The van der Waals surface area contributed by atoms with Crippen LogP contribution in [0.15, 0.2) is 24.3 Å². The lowest BCUT2D eigenvalue weighted by atomic mass is 9.85. The van der Waals surface area contributed by atoms with E-state index in [1.165, 1.54) is 29.2 Å². The smallest absolute Gasteiger partial charge is 0.325 e. The van der Waals surface area contributed by atoms with Crippen molar-refractivity contribution in [3.05, 3.63) is 35.6 Å². The lowest BCUT2D eigenvalue weighted by Gasteiger charge is -2.35. The Morgan fingerprint density at radius 1 is 1.00 bits per heavy atom. The number of primary amides is 1. The summed E-state index contributed by atoms with van der Waals surface area (Å²) in [7, 11) is 0. The Bertz CT molecular complexity index is 1210. The Morgan fingerprint density at radius 3 is 2.13 bits per heavy atom. The standard InChI is InChI=1S/C28H38FN5O7.C4H10/c1-28(2,3)23(33-27(40)31-14-21(35)41-15-17-8-10-18(29)11-9-17)26(39)34-12-4-5-20(34)25(38)32-19(13-16-6-7-16)22(36)24(30)37;1-4(2)3/h8-11,16,19-20,23H,4-7,12-15H2,1-3H3,(H2,30,37)(H,32,38)(H2,31,33,40);4H,1-3H3. The highest BCUT2D eigenvalue weighted by molar-refractivity contribution is 6.37. The van der Waals surface area contributed by atoms with Crippen LogP contribution in [-0.4, -0.2) is 71.6 Å². The van der Waals surface area contributed by atoms with Crippen LogP contribution in [0, 0.1) is 23.1 Å². The third kappa shape index (κ3) is 12.8. The molecular weight excluding hydrogens is 585 g/mol. The number of hydrogen-bond donors (Lipinski definition) is 4. The summed E-state index contributed by atoms with van der Waals surface area (Å²) in [6.45, 7) is 11.4. The van der Waals surface area contributed by atoms with Crippen molar-refractivity contribution in [2.75, 3.05) is 13.1 Å². The second kappa shape index (κ2) is 16.9. The summed E-state index contributed by atoms with van der Waals surface area (Å²) in [5.74, 6) is -3.14.